The molecule has 24 heavy (non-hydrogen) atoms. The summed E-state index contributed by atoms with van der Waals surface area (Å²) in [4.78, 5) is 11.4. The predicted molar refractivity (Wildman–Crippen MR) is 91.2 cm³/mol. The molecule has 1 amide bonds. The van der Waals surface area contributed by atoms with Gasteiger partial charge in [0.2, 0.25) is 0 Å². The van der Waals surface area contributed by atoms with Gasteiger partial charge in [-0.15, -0.1) is 0 Å². The molecule has 2 N–H and O–H groups in total. The van der Waals surface area contributed by atoms with Gasteiger partial charge in [0.25, 0.3) is 5.91 Å². The molecular formula is C17H18N2O4S. The summed E-state index contributed by atoms with van der Waals surface area (Å²) in [7, 11) is -3.93. The topological polar surface area (TPSA) is 86.7 Å². The first kappa shape index (κ1) is 15.3. The zero-order valence-electron chi connectivity index (χ0n) is 13.0. The fourth-order valence-electron chi connectivity index (χ4n) is 3.67. The predicted octanol–water partition coefficient (Wildman–Crippen LogP) is 2.38. The van der Waals surface area contributed by atoms with Crippen LogP contribution in [0.4, 0.5) is 5.69 Å². The molecule has 2 aliphatic rings. The molecule has 7 heteroatoms. The van der Waals surface area contributed by atoms with E-state index in [1.165, 1.54) is 31.2 Å². The van der Waals surface area contributed by atoms with Gasteiger partial charge in [-0.25, -0.2) is 9.03 Å². The third-order valence-corrected chi connectivity index (χ3v) is 6.26. The lowest BCUT2D eigenvalue weighted by atomic mass is 9.95. The standard InChI is InChI=1S/C17H18N2O4S/c20-16-9-13-6-5-12(11-3-1-2-4-11)7-14(13)8-15(16)19-10-17(21)18-24(19,22)23/h5-9,11,20H,1-4,10H2,(H,18,21). The summed E-state index contributed by atoms with van der Waals surface area (Å²) in [6.45, 7) is -0.316. The average molecular weight is 346 g/mol. The minimum Gasteiger partial charge on any atom is -0.506 e. The fourth-order valence-corrected chi connectivity index (χ4v) is 4.82. The SMILES string of the molecule is O=C1CN(c2cc3cc(C4CCCC4)ccc3cc2O)S(=O)(=O)N1. The number of aromatic hydroxyl groups is 1. The molecule has 0 bridgehead atoms. The minimum atomic E-state index is -3.93. The lowest BCUT2D eigenvalue weighted by molar-refractivity contribution is -0.117. The van der Waals surface area contributed by atoms with Crippen molar-refractivity contribution in [1.29, 1.82) is 0 Å². The number of anilines is 1. The van der Waals surface area contributed by atoms with E-state index in [1.54, 1.807) is 12.1 Å². The first-order valence-electron chi connectivity index (χ1n) is 8.04. The lowest BCUT2D eigenvalue weighted by Crippen LogP contribution is -2.29. The minimum absolute atomic E-state index is 0.129. The second-order valence-electron chi connectivity index (χ2n) is 6.47. The molecule has 1 aliphatic carbocycles. The van der Waals surface area contributed by atoms with Gasteiger partial charge in [0, 0.05) is 0 Å². The van der Waals surface area contributed by atoms with Crippen LogP contribution in [0.5, 0.6) is 5.75 Å². The molecule has 4 rings (SSSR count). The van der Waals surface area contributed by atoms with Gasteiger partial charge in [0.05, 0.1) is 5.69 Å². The van der Waals surface area contributed by atoms with E-state index in [-0.39, 0.29) is 18.0 Å². The van der Waals surface area contributed by atoms with Gasteiger partial charge in [-0.1, -0.05) is 31.0 Å². The number of benzene rings is 2. The molecule has 2 aromatic carbocycles. The molecule has 1 heterocycles. The van der Waals surface area contributed by atoms with Crippen molar-refractivity contribution in [3.05, 3.63) is 35.9 Å². The van der Waals surface area contributed by atoms with Crippen LogP contribution in [-0.2, 0) is 15.0 Å². The Bertz CT molecular complexity index is 933. The van der Waals surface area contributed by atoms with E-state index in [0.29, 0.717) is 5.92 Å². The van der Waals surface area contributed by atoms with Crippen LogP contribution < -0.4 is 9.03 Å². The van der Waals surface area contributed by atoms with E-state index in [0.717, 1.165) is 15.1 Å². The summed E-state index contributed by atoms with van der Waals surface area (Å²) < 4.78 is 26.9. The number of nitrogens with one attached hydrogen (secondary N) is 1. The number of carbonyl (C=O) groups excluding carboxylic acids is 1. The number of amides is 1. The molecule has 0 aromatic heterocycles. The normalized spacial score (nSPS) is 20.7. The maximum absolute atomic E-state index is 12.0. The molecule has 1 aliphatic heterocycles. The number of rotatable bonds is 2. The summed E-state index contributed by atoms with van der Waals surface area (Å²) in [5.74, 6) is -0.212. The van der Waals surface area contributed by atoms with Crippen LogP contribution in [0.3, 0.4) is 0 Å². The van der Waals surface area contributed by atoms with E-state index in [9.17, 15) is 18.3 Å². The summed E-state index contributed by atoms with van der Waals surface area (Å²) >= 11 is 0. The van der Waals surface area contributed by atoms with Gasteiger partial charge in [0.1, 0.15) is 12.3 Å². The Balaban J connectivity index is 1.81. The molecule has 6 nitrogen and oxygen atoms in total. The number of fused-ring (bicyclic) bond motifs is 1. The zero-order valence-corrected chi connectivity index (χ0v) is 13.8. The van der Waals surface area contributed by atoms with Crippen molar-refractivity contribution >= 4 is 32.6 Å². The van der Waals surface area contributed by atoms with Crippen LogP contribution >= 0.6 is 0 Å². The van der Waals surface area contributed by atoms with E-state index in [2.05, 4.69) is 12.1 Å². The first-order valence-corrected chi connectivity index (χ1v) is 9.48. The number of hydrogen-bond donors (Lipinski definition) is 2. The highest BCUT2D eigenvalue weighted by Crippen LogP contribution is 2.38. The van der Waals surface area contributed by atoms with E-state index in [1.807, 2.05) is 10.8 Å². The van der Waals surface area contributed by atoms with Crippen molar-refractivity contribution in [1.82, 2.24) is 4.72 Å². The summed E-state index contributed by atoms with van der Waals surface area (Å²) in [5, 5.41) is 11.9. The van der Waals surface area contributed by atoms with Gasteiger partial charge in [0.15, 0.2) is 0 Å². The van der Waals surface area contributed by atoms with Crippen LogP contribution in [0, 0.1) is 0 Å². The second-order valence-corrected chi connectivity index (χ2v) is 8.06. The second kappa shape index (κ2) is 5.37. The van der Waals surface area contributed by atoms with Gasteiger partial charge >= 0.3 is 10.2 Å². The van der Waals surface area contributed by atoms with Crippen LogP contribution in [0.1, 0.15) is 37.2 Å². The molecule has 0 spiro atoms. The number of hydrogen-bond acceptors (Lipinski definition) is 4. The van der Waals surface area contributed by atoms with Gasteiger partial charge in [-0.3, -0.25) is 4.79 Å². The maximum Gasteiger partial charge on any atom is 0.326 e. The molecular weight excluding hydrogens is 328 g/mol. The Labute approximate surface area is 140 Å². The molecule has 1 saturated carbocycles. The third-order valence-electron chi connectivity index (χ3n) is 4.87. The maximum atomic E-state index is 12.0. The monoisotopic (exact) mass is 346 g/mol. The van der Waals surface area contributed by atoms with Crippen molar-refractivity contribution in [2.45, 2.75) is 31.6 Å². The Morgan fingerprint density at radius 3 is 2.50 bits per heavy atom. The quantitative estimate of drug-likeness (QED) is 0.874. The number of phenolic OH excluding ortho intramolecular Hbond substituents is 1. The van der Waals surface area contributed by atoms with Crippen LogP contribution in [0.2, 0.25) is 0 Å². The molecule has 1 saturated heterocycles. The van der Waals surface area contributed by atoms with Gasteiger partial charge in [-0.05, 0) is 47.2 Å². The Hall–Kier alpha value is -2.28. The van der Waals surface area contributed by atoms with Crippen molar-refractivity contribution in [2.24, 2.45) is 0 Å². The molecule has 0 radical (unpaired) electrons. The number of carbonyl (C=O) groups is 1. The van der Waals surface area contributed by atoms with E-state index < -0.39 is 16.1 Å². The molecule has 0 unspecified atom stereocenters. The fraction of sp³-hybridized carbons (Fsp3) is 0.353. The molecule has 2 fully saturated rings. The summed E-state index contributed by atoms with van der Waals surface area (Å²) in [6.07, 6.45) is 4.83. The van der Waals surface area contributed by atoms with Gasteiger partial charge < -0.3 is 5.11 Å². The van der Waals surface area contributed by atoms with Crippen LogP contribution in [-0.4, -0.2) is 26.0 Å². The van der Waals surface area contributed by atoms with Gasteiger partial charge in [-0.2, -0.15) is 8.42 Å². The van der Waals surface area contributed by atoms with Crippen LogP contribution in [0.15, 0.2) is 30.3 Å². The highest BCUT2D eigenvalue weighted by molar-refractivity contribution is 7.92. The van der Waals surface area contributed by atoms with Crippen molar-refractivity contribution < 1.29 is 18.3 Å². The number of phenols is 1. The summed E-state index contributed by atoms with van der Waals surface area (Å²) in [6, 6.07) is 9.28. The molecule has 126 valence electrons. The van der Waals surface area contributed by atoms with Crippen LogP contribution in [0.25, 0.3) is 10.8 Å². The zero-order chi connectivity index (χ0) is 16.9. The van der Waals surface area contributed by atoms with E-state index in [4.69, 9.17) is 0 Å². The largest absolute Gasteiger partial charge is 0.506 e. The van der Waals surface area contributed by atoms with Crippen molar-refractivity contribution in [3.8, 4) is 5.75 Å². The third kappa shape index (κ3) is 2.49. The number of nitrogens with zero attached hydrogens (tertiary/aromatic N) is 1. The average Bonchev–Trinajstić information content (AvgIpc) is 3.13. The Morgan fingerprint density at radius 1 is 1.08 bits per heavy atom. The van der Waals surface area contributed by atoms with Crippen molar-refractivity contribution in [3.63, 3.8) is 0 Å². The van der Waals surface area contributed by atoms with Crippen molar-refractivity contribution in [2.75, 3.05) is 10.8 Å². The Kier molecular flexibility index (Phi) is 3.42. The first-order chi connectivity index (χ1) is 11.4. The lowest BCUT2D eigenvalue weighted by Gasteiger charge is -2.17. The summed E-state index contributed by atoms with van der Waals surface area (Å²) in [5.41, 5.74) is 1.37. The molecule has 2 aromatic rings. The molecule has 0 atom stereocenters. The Morgan fingerprint density at radius 2 is 1.83 bits per heavy atom. The smallest absolute Gasteiger partial charge is 0.326 e. The highest BCUT2D eigenvalue weighted by atomic mass is 32.2. The highest BCUT2D eigenvalue weighted by Gasteiger charge is 2.35. The van der Waals surface area contributed by atoms with E-state index >= 15 is 0 Å².